The lowest BCUT2D eigenvalue weighted by Crippen LogP contribution is -2.42. The first kappa shape index (κ1) is 20.1. The summed E-state index contributed by atoms with van der Waals surface area (Å²) >= 11 is 0. The lowest BCUT2D eigenvalue weighted by Gasteiger charge is -2.26. The summed E-state index contributed by atoms with van der Waals surface area (Å²) in [4.78, 5) is 32.9. The van der Waals surface area contributed by atoms with Crippen LogP contribution in [-0.4, -0.2) is 46.0 Å². The minimum Gasteiger partial charge on any atom is -0.350 e. The molecule has 2 aliphatic heterocycles. The third-order valence-electron chi connectivity index (χ3n) is 6.46. The van der Waals surface area contributed by atoms with Crippen molar-refractivity contribution in [3.63, 3.8) is 0 Å². The van der Waals surface area contributed by atoms with Gasteiger partial charge in [0, 0.05) is 31.1 Å². The maximum atomic E-state index is 12.9. The highest BCUT2D eigenvalue weighted by Crippen LogP contribution is 2.17. The third kappa shape index (κ3) is 4.37. The Morgan fingerprint density at radius 2 is 1.86 bits per heavy atom. The average Bonchev–Trinajstić information content (AvgIpc) is 3.24. The molecule has 0 radical (unpaired) electrons. The molecule has 3 heterocycles. The second-order valence-electron chi connectivity index (χ2n) is 8.40. The normalized spacial score (nSPS) is 18.8. The van der Waals surface area contributed by atoms with Crippen molar-refractivity contribution >= 4 is 16.8 Å². The lowest BCUT2D eigenvalue weighted by molar-refractivity contribution is 0.0937. The summed E-state index contributed by atoms with van der Waals surface area (Å²) in [5.41, 5.74) is 1.25. The summed E-state index contributed by atoms with van der Waals surface area (Å²) in [5.74, 6) is 0.776. The molecule has 1 atom stereocenters. The van der Waals surface area contributed by atoms with E-state index in [1.165, 1.54) is 25.7 Å². The van der Waals surface area contributed by atoms with Crippen molar-refractivity contribution in [1.29, 1.82) is 0 Å². The largest absolute Gasteiger partial charge is 0.350 e. The number of rotatable bonds is 5. The number of carbonyl (C=O) groups excluding carboxylic acids is 1. The highest BCUT2D eigenvalue weighted by atomic mass is 16.1. The van der Waals surface area contributed by atoms with Crippen LogP contribution in [0.5, 0.6) is 0 Å². The molecular formula is C23H32N4O2. The number of carbonyl (C=O) groups is 1. The van der Waals surface area contributed by atoms with Gasteiger partial charge in [-0.15, -0.1) is 0 Å². The summed E-state index contributed by atoms with van der Waals surface area (Å²) in [6, 6.07) is 5.70. The molecule has 2 aromatic rings. The Morgan fingerprint density at radius 3 is 2.66 bits per heavy atom. The lowest BCUT2D eigenvalue weighted by atomic mass is 10.1. The Hall–Kier alpha value is -2.21. The summed E-state index contributed by atoms with van der Waals surface area (Å²) in [5, 5.41) is 3.70. The Kier molecular flexibility index (Phi) is 6.28. The maximum absolute atomic E-state index is 12.9. The van der Waals surface area contributed by atoms with Gasteiger partial charge in [-0.25, -0.2) is 4.98 Å². The highest BCUT2D eigenvalue weighted by Gasteiger charge is 2.21. The molecule has 1 fully saturated rings. The van der Waals surface area contributed by atoms with E-state index in [0.717, 1.165) is 51.1 Å². The fourth-order valence-corrected chi connectivity index (χ4v) is 4.69. The summed E-state index contributed by atoms with van der Waals surface area (Å²) in [7, 11) is 0. The molecule has 0 spiro atoms. The zero-order valence-electron chi connectivity index (χ0n) is 17.5. The number of nitrogens with zero attached hydrogens (tertiary/aromatic N) is 3. The van der Waals surface area contributed by atoms with Gasteiger partial charge in [-0.05, 0) is 63.4 Å². The van der Waals surface area contributed by atoms with Gasteiger partial charge in [0.25, 0.3) is 11.5 Å². The van der Waals surface area contributed by atoms with E-state index in [1.54, 1.807) is 18.2 Å². The Morgan fingerprint density at radius 1 is 1.10 bits per heavy atom. The van der Waals surface area contributed by atoms with Crippen molar-refractivity contribution in [3.05, 3.63) is 39.9 Å². The molecule has 1 aromatic carbocycles. The first-order chi connectivity index (χ1) is 14.2. The number of benzene rings is 1. The quantitative estimate of drug-likeness (QED) is 0.843. The second-order valence-corrected chi connectivity index (χ2v) is 8.40. The van der Waals surface area contributed by atoms with Crippen molar-refractivity contribution in [2.45, 2.75) is 70.9 Å². The molecule has 4 rings (SSSR count). The number of hydrogen-bond donors (Lipinski definition) is 1. The topological polar surface area (TPSA) is 67.2 Å². The van der Waals surface area contributed by atoms with Crippen LogP contribution in [0, 0.1) is 0 Å². The first-order valence-electron chi connectivity index (χ1n) is 11.2. The van der Waals surface area contributed by atoms with Gasteiger partial charge in [0.1, 0.15) is 5.82 Å². The van der Waals surface area contributed by atoms with Gasteiger partial charge < -0.3 is 5.32 Å². The summed E-state index contributed by atoms with van der Waals surface area (Å²) in [6.07, 6.45) is 8.80. The molecule has 156 valence electrons. The molecule has 2 aliphatic rings. The third-order valence-corrected chi connectivity index (χ3v) is 6.46. The van der Waals surface area contributed by atoms with E-state index in [-0.39, 0.29) is 11.5 Å². The van der Waals surface area contributed by atoms with Crippen molar-refractivity contribution in [1.82, 2.24) is 19.8 Å². The van der Waals surface area contributed by atoms with Crippen LogP contribution in [0.2, 0.25) is 0 Å². The number of amides is 1. The molecule has 29 heavy (non-hydrogen) atoms. The average molecular weight is 397 g/mol. The standard InChI is InChI=1S/C23H32N4O2/c1-2-18(26-12-7-8-13-26)16-24-22(28)17-10-11-19-20(15-17)25-21-9-5-3-4-6-14-27(21)23(19)29/h10-11,15,18H,2-9,12-14,16H2,1H3,(H,24,28). The molecular weight excluding hydrogens is 364 g/mol. The molecule has 1 aromatic heterocycles. The van der Waals surface area contributed by atoms with Gasteiger partial charge in [-0.2, -0.15) is 0 Å². The number of hydrogen-bond acceptors (Lipinski definition) is 4. The van der Waals surface area contributed by atoms with Gasteiger partial charge in [0.05, 0.1) is 10.9 Å². The van der Waals surface area contributed by atoms with E-state index >= 15 is 0 Å². The van der Waals surface area contributed by atoms with Crippen molar-refractivity contribution in [2.75, 3.05) is 19.6 Å². The van der Waals surface area contributed by atoms with Crippen molar-refractivity contribution in [3.8, 4) is 0 Å². The van der Waals surface area contributed by atoms with Crippen LogP contribution < -0.4 is 10.9 Å². The van der Waals surface area contributed by atoms with E-state index in [2.05, 4.69) is 17.1 Å². The molecule has 1 saturated heterocycles. The highest BCUT2D eigenvalue weighted by molar-refractivity contribution is 5.97. The van der Waals surface area contributed by atoms with E-state index in [1.807, 2.05) is 4.57 Å². The second kappa shape index (κ2) is 9.08. The van der Waals surface area contributed by atoms with E-state index < -0.39 is 0 Å². The van der Waals surface area contributed by atoms with Crippen LogP contribution in [0.3, 0.4) is 0 Å². The maximum Gasteiger partial charge on any atom is 0.261 e. The minimum atomic E-state index is -0.0850. The SMILES string of the molecule is CCC(CNC(=O)c1ccc2c(=O)n3c(nc2c1)CCCCCC3)N1CCCC1. The van der Waals surface area contributed by atoms with Crippen molar-refractivity contribution < 1.29 is 4.79 Å². The fraction of sp³-hybridized carbons (Fsp3) is 0.609. The molecule has 1 N–H and O–H groups in total. The molecule has 0 bridgehead atoms. The fourth-order valence-electron chi connectivity index (χ4n) is 4.69. The van der Waals surface area contributed by atoms with Crippen LogP contribution in [0.4, 0.5) is 0 Å². The molecule has 0 aliphatic carbocycles. The Bertz CT molecular complexity index is 930. The van der Waals surface area contributed by atoms with Crippen LogP contribution in [0.25, 0.3) is 10.9 Å². The first-order valence-corrected chi connectivity index (χ1v) is 11.2. The zero-order chi connectivity index (χ0) is 20.2. The Labute approximate surface area is 172 Å². The Balaban J connectivity index is 1.54. The van der Waals surface area contributed by atoms with Crippen LogP contribution in [0.15, 0.2) is 23.0 Å². The van der Waals surface area contributed by atoms with E-state index in [0.29, 0.717) is 29.1 Å². The number of likely N-dealkylation sites (tertiary alicyclic amines) is 1. The summed E-state index contributed by atoms with van der Waals surface area (Å²) in [6.45, 7) is 5.84. The molecule has 0 saturated carbocycles. The van der Waals surface area contributed by atoms with Gasteiger partial charge >= 0.3 is 0 Å². The van der Waals surface area contributed by atoms with Gasteiger partial charge in [-0.3, -0.25) is 19.1 Å². The zero-order valence-corrected chi connectivity index (χ0v) is 17.5. The minimum absolute atomic E-state index is 0.0268. The van der Waals surface area contributed by atoms with Gasteiger partial charge in [0.15, 0.2) is 0 Å². The number of fused-ring (bicyclic) bond motifs is 2. The molecule has 1 amide bonds. The van der Waals surface area contributed by atoms with E-state index in [4.69, 9.17) is 4.98 Å². The number of aryl methyl sites for hydroxylation is 1. The number of aromatic nitrogens is 2. The van der Waals surface area contributed by atoms with Crippen LogP contribution in [-0.2, 0) is 13.0 Å². The van der Waals surface area contributed by atoms with Crippen LogP contribution in [0.1, 0.15) is 68.1 Å². The predicted octanol–water partition coefficient (Wildman–Crippen LogP) is 3.12. The van der Waals surface area contributed by atoms with Crippen molar-refractivity contribution in [2.24, 2.45) is 0 Å². The summed E-state index contributed by atoms with van der Waals surface area (Å²) < 4.78 is 1.84. The van der Waals surface area contributed by atoms with Gasteiger partial charge in [0.2, 0.25) is 0 Å². The van der Waals surface area contributed by atoms with Crippen LogP contribution >= 0.6 is 0 Å². The van der Waals surface area contributed by atoms with Gasteiger partial charge in [-0.1, -0.05) is 19.8 Å². The van der Waals surface area contributed by atoms with E-state index in [9.17, 15) is 9.59 Å². The monoisotopic (exact) mass is 396 g/mol. The number of nitrogens with one attached hydrogen (secondary N) is 1. The predicted molar refractivity (Wildman–Crippen MR) is 115 cm³/mol. The molecule has 1 unspecified atom stereocenters. The smallest absolute Gasteiger partial charge is 0.261 e. The molecule has 6 heteroatoms. The molecule has 6 nitrogen and oxygen atoms in total.